The van der Waals surface area contributed by atoms with Crippen LogP contribution in [0.15, 0.2) is 84.9 Å². The van der Waals surface area contributed by atoms with Crippen molar-refractivity contribution in [2.24, 2.45) is 0 Å². The van der Waals surface area contributed by atoms with Crippen molar-refractivity contribution in [1.29, 1.82) is 0 Å². The van der Waals surface area contributed by atoms with Gasteiger partial charge in [0.2, 0.25) is 5.75 Å². The van der Waals surface area contributed by atoms with E-state index in [1.165, 1.54) is 6.92 Å². The Morgan fingerprint density at radius 3 is 1.28 bits per heavy atom. The van der Waals surface area contributed by atoms with Crippen LogP contribution in [0.2, 0.25) is 0 Å². The molecule has 0 atom stereocenters. The molecule has 4 aromatic carbocycles. The lowest BCUT2D eigenvalue weighted by atomic mass is 10.1. The summed E-state index contributed by atoms with van der Waals surface area (Å²) in [6.45, 7) is 2.26. The number of methoxy groups -OCH3 is 3. The van der Waals surface area contributed by atoms with Gasteiger partial charge in [0, 0.05) is 0 Å². The summed E-state index contributed by atoms with van der Waals surface area (Å²) < 4.78 is 34.4. The van der Waals surface area contributed by atoms with Crippen LogP contribution in [0.5, 0.6) is 34.5 Å². The minimum absolute atomic E-state index is 0.143. The first-order valence-corrected chi connectivity index (χ1v) is 12.5. The average molecular weight is 529 g/mol. The molecule has 39 heavy (non-hydrogen) atoms. The van der Waals surface area contributed by atoms with Gasteiger partial charge in [0.1, 0.15) is 37.1 Å². The minimum atomic E-state index is -0.143. The van der Waals surface area contributed by atoms with E-state index in [-0.39, 0.29) is 19.0 Å². The van der Waals surface area contributed by atoms with E-state index in [2.05, 4.69) is 0 Å². The molecule has 0 aliphatic carbocycles. The third-order valence-corrected chi connectivity index (χ3v) is 6.09. The summed E-state index contributed by atoms with van der Waals surface area (Å²) in [5.74, 6) is 3.29. The molecule has 0 unspecified atom stereocenters. The van der Waals surface area contributed by atoms with Crippen LogP contribution in [0.4, 0.5) is 0 Å². The summed E-state index contributed by atoms with van der Waals surface area (Å²) in [4.78, 5) is 12.6. The van der Waals surface area contributed by atoms with Gasteiger partial charge in [-0.2, -0.15) is 0 Å². The Balaban J connectivity index is 1.64. The van der Waals surface area contributed by atoms with Gasteiger partial charge in [0.15, 0.2) is 17.3 Å². The summed E-state index contributed by atoms with van der Waals surface area (Å²) in [5, 5.41) is 0. The molecule has 7 nitrogen and oxygen atoms in total. The van der Waals surface area contributed by atoms with Crippen LogP contribution in [0, 0.1) is 0 Å². The lowest BCUT2D eigenvalue weighted by molar-refractivity contribution is 0.101. The molecule has 0 saturated carbocycles. The monoisotopic (exact) mass is 528 g/mol. The van der Waals surface area contributed by atoms with E-state index in [4.69, 9.17) is 28.4 Å². The second-order valence-corrected chi connectivity index (χ2v) is 8.74. The maximum atomic E-state index is 12.6. The van der Waals surface area contributed by atoms with Gasteiger partial charge in [-0.15, -0.1) is 0 Å². The first kappa shape index (κ1) is 27.4. The molecular formula is C32H32O7. The molecule has 0 aliphatic heterocycles. The summed E-state index contributed by atoms with van der Waals surface area (Å²) in [7, 11) is 4.87. The number of carbonyl (C=O) groups excluding carboxylic acids is 1. The van der Waals surface area contributed by atoms with Gasteiger partial charge in [-0.3, -0.25) is 4.79 Å². The maximum absolute atomic E-state index is 12.6. The van der Waals surface area contributed by atoms with Crippen molar-refractivity contribution in [3.8, 4) is 34.5 Å². The van der Waals surface area contributed by atoms with E-state index < -0.39 is 0 Å². The number of hydrogen-bond donors (Lipinski definition) is 0. The van der Waals surface area contributed by atoms with E-state index in [0.29, 0.717) is 29.4 Å². The number of hydrogen-bond acceptors (Lipinski definition) is 7. The molecule has 4 rings (SSSR count). The van der Waals surface area contributed by atoms with Crippen LogP contribution in [-0.2, 0) is 19.8 Å². The largest absolute Gasteiger partial charge is 0.497 e. The number of benzene rings is 4. The molecule has 0 saturated heterocycles. The van der Waals surface area contributed by atoms with Crippen LogP contribution in [0.25, 0.3) is 0 Å². The molecule has 0 spiro atoms. The number of ketones is 1. The predicted molar refractivity (Wildman–Crippen MR) is 148 cm³/mol. The number of Topliss-reactive ketones (excluding diaryl/α,β-unsaturated/α-hetero) is 1. The van der Waals surface area contributed by atoms with Gasteiger partial charge in [-0.25, -0.2) is 0 Å². The second kappa shape index (κ2) is 13.2. The van der Waals surface area contributed by atoms with Crippen molar-refractivity contribution in [2.45, 2.75) is 26.7 Å². The summed E-state index contributed by atoms with van der Waals surface area (Å²) in [6, 6.07) is 26.2. The van der Waals surface area contributed by atoms with Crippen molar-refractivity contribution in [2.75, 3.05) is 21.3 Å². The van der Waals surface area contributed by atoms with E-state index in [0.717, 1.165) is 33.9 Å². The fourth-order valence-corrected chi connectivity index (χ4v) is 3.85. The normalized spacial score (nSPS) is 10.5. The lowest BCUT2D eigenvalue weighted by Gasteiger charge is -2.19. The fourth-order valence-electron chi connectivity index (χ4n) is 3.85. The molecule has 0 radical (unpaired) electrons. The topological polar surface area (TPSA) is 72.5 Å². The van der Waals surface area contributed by atoms with Crippen molar-refractivity contribution in [3.05, 3.63) is 107 Å². The summed E-state index contributed by atoms with van der Waals surface area (Å²) in [5.41, 5.74) is 3.19. The first-order chi connectivity index (χ1) is 19.0. The minimum Gasteiger partial charge on any atom is -0.497 e. The van der Waals surface area contributed by atoms with E-state index in [1.54, 1.807) is 33.5 Å². The molecule has 0 amide bonds. The lowest BCUT2D eigenvalue weighted by Crippen LogP contribution is -2.08. The van der Waals surface area contributed by atoms with Gasteiger partial charge in [-0.05, 0) is 72.1 Å². The molecule has 7 heteroatoms. The van der Waals surface area contributed by atoms with Crippen molar-refractivity contribution in [1.82, 2.24) is 0 Å². The van der Waals surface area contributed by atoms with E-state index in [9.17, 15) is 4.79 Å². The Hall–Kier alpha value is -4.65. The van der Waals surface area contributed by atoms with Crippen LogP contribution in [0.3, 0.4) is 0 Å². The molecule has 0 heterocycles. The zero-order chi connectivity index (χ0) is 27.6. The molecule has 4 aromatic rings. The Morgan fingerprint density at radius 1 is 0.513 bits per heavy atom. The number of ether oxygens (including phenoxy) is 6. The van der Waals surface area contributed by atoms with Crippen molar-refractivity contribution >= 4 is 5.78 Å². The fraction of sp³-hybridized carbons (Fsp3) is 0.219. The number of carbonyl (C=O) groups is 1. The van der Waals surface area contributed by atoms with Crippen LogP contribution in [-0.4, -0.2) is 27.1 Å². The van der Waals surface area contributed by atoms with Gasteiger partial charge in [-0.1, -0.05) is 36.4 Å². The first-order valence-electron chi connectivity index (χ1n) is 12.5. The highest BCUT2D eigenvalue weighted by Gasteiger charge is 2.21. The Morgan fingerprint density at radius 2 is 0.897 bits per heavy atom. The second-order valence-electron chi connectivity index (χ2n) is 8.74. The van der Waals surface area contributed by atoms with E-state index >= 15 is 0 Å². The third-order valence-electron chi connectivity index (χ3n) is 6.09. The summed E-state index contributed by atoms with van der Waals surface area (Å²) in [6.07, 6.45) is 0. The zero-order valence-electron chi connectivity index (χ0n) is 22.6. The van der Waals surface area contributed by atoms with Crippen molar-refractivity contribution in [3.63, 3.8) is 0 Å². The van der Waals surface area contributed by atoms with Crippen molar-refractivity contribution < 1.29 is 33.2 Å². The number of rotatable bonds is 13. The van der Waals surface area contributed by atoms with Gasteiger partial charge >= 0.3 is 0 Å². The molecular weight excluding hydrogens is 496 g/mol. The smallest absolute Gasteiger partial charge is 0.204 e. The zero-order valence-corrected chi connectivity index (χ0v) is 22.6. The molecule has 0 aliphatic rings. The molecule has 0 fully saturated rings. The molecule has 0 N–H and O–H groups in total. The van der Waals surface area contributed by atoms with Crippen LogP contribution in [0.1, 0.15) is 34.0 Å². The highest BCUT2D eigenvalue weighted by Crippen LogP contribution is 2.42. The van der Waals surface area contributed by atoms with E-state index in [1.807, 2.05) is 72.8 Å². The van der Waals surface area contributed by atoms with Crippen LogP contribution < -0.4 is 28.4 Å². The van der Waals surface area contributed by atoms with Gasteiger partial charge in [0.05, 0.1) is 26.9 Å². The van der Waals surface area contributed by atoms with Crippen LogP contribution >= 0.6 is 0 Å². The van der Waals surface area contributed by atoms with Gasteiger partial charge < -0.3 is 28.4 Å². The summed E-state index contributed by atoms with van der Waals surface area (Å²) >= 11 is 0. The Labute approximate surface area is 228 Å². The Kier molecular flexibility index (Phi) is 9.29. The standard InChI is InChI=1S/C32H32O7/c1-22(33)29-17-18-30(37-19-23-5-11-26(34-2)12-6-23)32(39-21-25-9-15-28(36-4)16-10-25)31(29)38-20-24-7-13-27(35-3)14-8-24/h5-18H,19-21H2,1-4H3. The third kappa shape index (κ3) is 7.23. The predicted octanol–water partition coefficient (Wildman–Crippen LogP) is 6.65. The molecule has 0 bridgehead atoms. The molecule has 202 valence electrons. The molecule has 0 aromatic heterocycles. The average Bonchev–Trinajstić information content (AvgIpc) is 2.98. The van der Waals surface area contributed by atoms with Gasteiger partial charge in [0.25, 0.3) is 0 Å². The quantitative estimate of drug-likeness (QED) is 0.180. The maximum Gasteiger partial charge on any atom is 0.204 e. The Bertz CT molecular complexity index is 1360. The highest BCUT2D eigenvalue weighted by atomic mass is 16.5. The SMILES string of the molecule is COc1ccc(COc2ccc(C(C)=O)c(OCc3ccc(OC)cc3)c2OCc2ccc(OC)cc2)cc1. The highest BCUT2D eigenvalue weighted by molar-refractivity contribution is 5.98.